The molecule has 2 heterocycles. The van der Waals surface area contributed by atoms with Gasteiger partial charge in [-0.3, -0.25) is 4.79 Å². The average Bonchev–Trinajstić information content (AvgIpc) is 3.44. The SMILES string of the molecule is C=CC(=O)Nc1cc2c(N(Cc3ccccc3)c3ccc4cc[nH]c4c3)ncnc2cc1OCCCCN(C)C. The summed E-state index contributed by atoms with van der Waals surface area (Å²) in [6.45, 7) is 5.73. The van der Waals surface area contributed by atoms with Gasteiger partial charge in [0.1, 0.15) is 17.9 Å². The first kappa shape index (κ1) is 26.9. The maximum absolute atomic E-state index is 12.4. The molecule has 5 aromatic rings. The number of nitrogens with zero attached hydrogens (tertiary/aromatic N) is 4. The van der Waals surface area contributed by atoms with Crippen LogP contribution in [0, 0.1) is 0 Å². The monoisotopic (exact) mass is 534 g/mol. The van der Waals surface area contributed by atoms with Crippen molar-refractivity contribution >= 4 is 44.9 Å². The molecular formula is C32H34N6O2. The Kier molecular flexibility index (Phi) is 8.37. The Hall–Kier alpha value is -4.69. The van der Waals surface area contributed by atoms with Crippen molar-refractivity contribution in [2.75, 3.05) is 37.5 Å². The first-order chi connectivity index (χ1) is 19.5. The summed E-state index contributed by atoms with van der Waals surface area (Å²) in [5, 5.41) is 4.85. The molecule has 0 bridgehead atoms. The van der Waals surface area contributed by atoms with E-state index in [1.807, 2.05) is 36.5 Å². The van der Waals surface area contributed by atoms with Crippen molar-refractivity contribution < 1.29 is 9.53 Å². The van der Waals surface area contributed by atoms with Crippen molar-refractivity contribution in [1.82, 2.24) is 19.9 Å². The van der Waals surface area contributed by atoms with Crippen LogP contribution in [0.3, 0.4) is 0 Å². The summed E-state index contributed by atoms with van der Waals surface area (Å²) in [5.41, 5.74) is 4.44. The van der Waals surface area contributed by atoms with Gasteiger partial charge in [-0.2, -0.15) is 0 Å². The van der Waals surface area contributed by atoms with Gasteiger partial charge in [-0.15, -0.1) is 0 Å². The number of hydrogen-bond acceptors (Lipinski definition) is 6. The number of carbonyl (C=O) groups is 1. The third-order valence-corrected chi connectivity index (χ3v) is 6.71. The van der Waals surface area contributed by atoms with Gasteiger partial charge in [-0.25, -0.2) is 9.97 Å². The Morgan fingerprint density at radius 2 is 1.90 bits per heavy atom. The Morgan fingerprint density at radius 1 is 1.05 bits per heavy atom. The van der Waals surface area contributed by atoms with Crippen molar-refractivity contribution in [3.8, 4) is 5.75 Å². The summed E-state index contributed by atoms with van der Waals surface area (Å²) >= 11 is 0. The highest BCUT2D eigenvalue weighted by Gasteiger charge is 2.19. The Morgan fingerprint density at radius 3 is 2.70 bits per heavy atom. The number of benzene rings is 3. The van der Waals surface area contributed by atoms with Crippen LogP contribution in [0.2, 0.25) is 0 Å². The predicted molar refractivity (Wildman–Crippen MR) is 162 cm³/mol. The zero-order valence-electron chi connectivity index (χ0n) is 22.9. The first-order valence-corrected chi connectivity index (χ1v) is 13.4. The molecular weight excluding hydrogens is 500 g/mol. The zero-order valence-corrected chi connectivity index (χ0v) is 22.9. The molecule has 0 aliphatic rings. The van der Waals surface area contributed by atoms with Gasteiger partial charge >= 0.3 is 0 Å². The van der Waals surface area contributed by atoms with Crippen molar-refractivity contribution in [3.63, 3.8) is 0 Å². The maximum atomic E-state index is 12.4. The van der Waals surface area contributed by atoms with E-state index in [9.17, 15) is 4.79 Å². The number of carbonyl (C=O) groups excluding carboxylic acids is 1. The summed E-state index contributed by atoms with van der Waals surface area (Å²) in [4.78, 5) is 29.3. The number of hydrogen-bond donors (Lipinski definition) is 2. The number of fused-ring (bicyclic) bond motifs is 2. The van der Waals surface area contributed by atoms with E-state index < -0.39 is 0 Å². The number of amides is 1. The van der Waals surface area contributed by atoms with E-state index in [1.54, 1.807) is 6.33 Å². The van der Waals surface area contributed by atoms with Crippen LogP contribution in [-0.2, 0) is 11.3 Å². The minimum atomic E-state index is -0.312. The van der Waals surface area contributed by atoms with E-state index in [2.05, 4.69) is 82.2 Å². The molecule has 8 heteroatoms. The molecule has 204 valence electrons. The molecule has 0 unspecified atom stereocenters. The number of H-pyrrole nitrogens is 1. The number of anilines is 3. The van der Waals surface area contributed by atoms with E-state index in [4.69, 9.17) is 9.72 Å². The molecule has 0 fully saturated rings. The van der Waals surface area contributed by atoms with Gasteiger partial charge in [0.2, 0.25) is 5.91 Å². The van der Waals surface area contributed by atoms with Crippen LogP contribution in [0.5, 0.6) is 5.75 Å². The van der Waals surface area contributed by atoms with Gasteiger partial charge in [0.15, 0.2) is 0 Å². The lowest BCUT2D eigenvalue weighted by Crippen LogP contribution is -2.18. The number of nitrogens with one attached hydrogen (secondary N) is 2. The van der Waals surface area contributed by atoms with Gasteiger partial charge in [0.25, 0.3) is 0 Å². The van der Waals surface area contributed by atoms with Crippen LogP contribution in [0.4, 0.5) is 17.2 Å². The molecule has 1 amide bonds. The largest absolute Gasteiger partial charge is 0.491 e. The quantitative estimate of drug-likeness (QED) is 0.144. The molecule has 0 saturated heterocycles. The summed E-state index contributed by atoms with van der Waals surface area (Å²) < 4.78 is 6.15. The maximum Gasteiger partial charge on any atom is 0.247 e. The number of rotatable bonds is 12. The molecule has 40 heavy (non-hydrogen) atoms. The minimum Gasteiger partial charge on any atom is -0.491 e. The highest BCUT2D eigenvalue weighted by molar-refractivity contribution is 6.03. The standard InChI is InChI=1S/C32H34N6O2/c1-4-31(39)36-29-19-26-28(20-30(29)40-17-9-8-16-37(2)3)34-22-35-32(26)38(21-23-10-6-5-7-11-23)25-13-12-24-14-15-33-27(24)18-25/h4-7,10-15,18-20,22,33H,1,8-9,16-17,21H2,2-3H3,(H,36,39). The Bertz CT molecular complexity index is 1610. The second kappa shape index (κ2) is 12.4. The van der Waals surface area contributed by atoms with Crippen molar-refractivity contribution in [1.29, 1.82) is 0 Å². The second-order valence-corrected chi connectivity index (χ2v) is 9.94. The molecule has 5 rings (SSSR count). The molecule has 2 aromatic heterocycles. The second-order valence-electron chi connectivity index (χ2n) is 9.94. The van der Waals surface area contributed by atoms with E-state index >= 15 is 0 Å². The number of aromatic amines is 1. The number of ether oxygens (including phenoxy) is 1. The van der Waals surface area contributed by atoms with Gasteiger partial charge in [-0.1, -0.05) is 43.0 Å². The van der Waals surface area contributed by atoms with Crippen LogP contribution in [0.1, 0.15) is 18.4 Å². The normalized spacial score (nSPS) is 11.2. The molecule has 0 radical (unpaired) electrons. The molecule has 0 atom stereocenters. The van der Waals surface area contributed by atoms with Crippen molar-refractivity contribution in [2.45, 2.75) is 19.4 Å². The molecule has 0 aliphatic carbocycles. The third kappa shape index (κ3) is 6.30. The van der Waals surface area contributed by atoms with Crippen molar-refractivity contribution in [3.05, 3.63) is 97.5 Å². The topological polar surface area (TPSA) is 86.4 Å². The molecule has 0 saturated carbocycles. The van der Waals surface area contributed by atoms with Crippen LogP contribution < -0.4 is 15.0 Å². The smallest absolute Gasteiger partial charge is 0.247 e. The lowest BCUT2D eigenvalue weighted by atomic mass is 10.1. The fraction of sp³-hybridized carbons (Fsp3) is 0.219. The van der Waals surface area contributed by atoms with E-state index in [0.717, 1.165) is 58.3 Å². The van der Waals surface area contributed by atoms with Gasteiger partial charge < -0.3 is 24.8 Å². The van der Waals surface area contributed by atoms with Crippen LogP contribution in [-0.4, -0.2) is 53.0 Å². The van der Waals surface area contributed by atoms with Gasteiger partial charge in [0.05, 0.1) is 17.8 Å². The summed E-state index contributed by atoms with van der Waals surface area (Å²) in [6, 6.07) is 22.4. The molecule has 3 aromatic carbocycles. The predicted octanol–water partition coefficient (Wildman–Crippen LogP) is 6.29. The molecule has 0 spiro atoms. The van der Waals surface area contributed by atoms with Crippen molar-refractivity contribution in [2.24, 2.45) is 0 Å². The fourth-order valence-electron chi connectivity index (χ4n) is 4.66. The van der Waals surface area contributed by atoms with E-state index in [-0.39, 0.29) is 5.91 Å². The average molecular weight is 535 g/mol. The summed E-state index contributed by atoms with van der Waals surface area (Å²) in [7, 11) is 4.11. The molecule has 0 aliphatic heterocycles. The lowest BCUT2D eigenvalue weighted by Gasteiger charge is -2.26. The van der Waals surface area contributed by atoms with Crippen LogP contribution in [0.15, 0.2) is 91.9 Å². The molecule has 2 N–H and O–H groups in total. The summed E-state index contributed by atoms with van der Waals surface area (Å²) in [6.07, 6.45) is 6.67. The zero-order chi connectivity index (χ0) is 27.9. The lowest BCUT2D eigenvalue weighted by molar-refractivity contribution is -0.111. The highest BCUT2D eigenvalue weighted by Crippen LogP contribution is 2.37. The third-order valence-electron chi connectivity index (χ3n) is 6.71. The Labute approximate surface area is 234 Å². The first-order valence-electron chi connectivity index (χ1n) is 13.4. The van der Waals surface area contributed by atoms with E-state index in [0.29, 0.717) is 24.6 Å². The summed E-state index contributed by atoms with van der Waals surface area (Å²) in [5.74, 6) is 0.986. The highest BCUT2D eigenvalue weighted by atomic mass is 16.5. The van der Waals surface area contributed by atoms with Gasteiger partial charge in [0, 0.05) is 35.4 Å². The van der Waals surface area contributed by atoms with Crippen LogP contribution >= 0.6 is 0 Å². The number of aromatic nitrogens is 3. The fourth-order valence-corrected chi connectivity index (χ4v) is 4.66. The van der Waals surface area contributed by atoms with E-state index in [1.165, 1.54) is 6.08 Å². The minimum absolute atomic E-state index is 0.312. The Balaban J connectivity index is 1.57. The van der Waals surface area contributed by atoms with Gasteiger partial charge in [-0.05, 0) is 74.8 Å². The van der Waals surface area contributed by atoms with Crippen LogP contribution in [0.25, 0.3) is 21.8 Å². The molecule has 8 nitrogen and oxygen atoms in total. The number of unbranched alkanes of at least 4 members (excludes halogenated alkanes) is 1.